The number of carbonyl (C=O) groups excluding carboxylic acids is 1. The Kier molecular flexibility index (Phi) is 3.38. The van der Waals surface area contributed by atoms with Crippen LogP contribution in [0.3, 0.4) is 0 Å². The van der Waals surface area contributed by atoms with E-state index >= 15 is 0 Å². The summed E-state index contributed by atoms with van der Waals surface area (Å²) in [6.45, 7) is 1.81. The van der Waals surface area contributed by atoms with Gasteiger partial charge in [0.2, 0.25) is 0 Å². The normalized spacial score (nSPS) is 10.7. The number of carbonyl (C=O) groups is 1. The van der Waals surface area contributed by atoms with Crippen LogP contribution in [0.25, 0.3) is 0 Å². The molecule has 2 rings (SSSR count). The van der Waals surface area contributed by atoms with Crippen LogP contribution in [-0.2, 0) is 0 Å². The van der Waals surface area contributed by atoms with Crippen molar-refractivity contribution in [1.82, 2.24) is 15.6 Å². The Labute approximate surface area is 103 Å². The molecule has 0 unspecified atom stereocenters. The Bertz CT molecular complexity index is 572. The fourth-order valence-electron chi connectivity index (χ4n) is 1.32. The van der Waals surface area contributed by atoms with Gasteiger partial charge < -0.3 is 5.11 Å². The number of nitrogens with one attached hydrogen (secondary N) is 2. The van der Waals surface area contributed by atoms with Crippen molar-refractivity contribution in [3.63, 3.8) is 0 Å². The van der Waals surface area contributed by atoms with Gasteiger partial charge >= 0.3 is 0 Å². The third kappa shape index (κ3) is 2.94. The fourth-order valence-corrected chi connectivity index (χ4v) is 1.32. The number of hydrazone groups is 1. The van der Waals surface area contributed by atoms with Crippen molar-refractivity contribution in [2.75, 3.05) is 0 Å². The Morgan fingerprint density at radius 2 is 2.17 bits per heavy atom. The van der Waals surface area contributed by atoms with E-state index < -0.39 is 0 Å². The quantitative estimate of drug-likeness (QED) is 0.559. The Balaban J connectivity index is 1.95. The molecule has 1 amide bonds. The number of aromatic nitrogens is 2. The topological polar surface area (TPSA) is 90.4 Å². The van der Waals surface area contributed by atoms with Gasteiger partial charge in [-0.3, -0.25) is 9.89 Å². The number of phenolic OH excluding ortho intramolecular Hbond substituents is 1. The van der Waals surface area contributed by atoms with E-state index in [9.17, 15) is 4.79 Å². The van der Waals surface area contributed by atoms with Gasteiger partial charge in [0.1, 0.15) is 5.75 Å². The summed E-state index contributed by atoms with van der Waals surface area (Å²) in [5.41, 5.74) is 4.23. The van der Waals surface area contributed by atoms with Gasteiger partial charge in [0.15, 0.2) is 5.69 Å². The van der Waals surface area contributed by atoms with E-state index in [1.807, 2.05) is 6.92 Å². The molecular weight excluding hydrogens is 232 g/mol. The summed E-state index contributed by atoms with van der Waals surface area (Å²) in [5, 5.41) is 19.4. The molecule has 0 fully saturated rings. The predicted octanol–water partition coefficient (Wildman–Crippen LogP) is 1.19. The standard InChI is InChI=1S/C12H12N4O2/c1-8-6-11(15-14-8)12(18)16-13-7-9-2-4-10(17)5-3-9/h2-7,17H,1H3,(H,14,15)(H,16,18)/b13-7+. The van der Waals surface area contributed by atoms with Crippen molar-refractivity contribution in [1.29, 1.82) is 0 Å². The largest absolute Gasteiger partial charge is 0.508 e. The fraction of sp³-hybridized carbons (Fsp3) is 0.0833. The highest BCUT2D eigenvalue weighted by Gasteiger charge is 2.06. The van der Waals surface area contributed by atoms with Crippen LogP contribution in [0.1, 0.15) is 21.7 Å². The van der Waals surface area contributed by atoms with Gasteiger partial charge in [-0.1, -0.05) is 0 Å². The van der Waals surface area contributed by atoms with Gasteiger partial charge in [0, 0.05) is 5.69 Å². The number of aryl methyl sites for hydroxylation is 1. The van der Waals surface area contributed by atoms with E-state index in [-0.39, 0.29) is 17.4 Å². The van der Waals surface area contributed by atoms with E-state index in [0.717, 1.165) is 11.3 Å². The first-order valence-electron chi connectivity index (χ1n) is 5.29. The number of amides is 1. The van der Waals surface area contributed by atoms with Crippen LogP contribution in [0.15, 0.2) is 35.4 Å². The molecule has 0 aliphatic rings. The number of H-pyrrole nitrogens is 1. The molecular formula is C12H12N4O2. The van der Waals surface area contributed by atoms with E-state index in [1.54, 1.807) is 30.3 Å². The minimum absolute atomic E-state index is 0.184. The average Bonchev–Trinajstić information content (AvgIpc) is 2.78. The number of aromatic amines is 1. The lowest BCUT2D eigenvalue weighted by molar-refractivity contribution is 0.0950. The molecule has 0 atom stereocenters. The molecule has 92 valence electrons. The molecule has 0 aliphatic heterocycles. The molecule has 1 heterocycles. The van der Waals surface area contributed by atoms with Crippen molar-refractivity contribution in [2.45, 2.75) is 6.92 Å². The second-order valence-corrected chi connectivity index (χ2v) is 3.73. The Morgan fingerprint density at radius 3 is 2.78 bits per heavy atom. The minimum Gasteiger partial charge on any atom is -0.508 e. The number of phenols is 1. The summed E-state index contributed by atoms with van der Waals surface area (Å²) in [4.78, 5) is 11.6. The second-order valence-electron chi connectivity index (χ2n) is 3.73. The third-order valence-corrected chi connectivity index (χ3v) is 2.21. The number of hydrogen-bond acceptors (Lipinski definition) is 4. The first-order valence-corrected chi connectivity index (χ1v) is 5.29. The van der Waals surface area contributed by atoms with Crippen LogP contribution in [0, 0.1) is 6.92 Å². The highest BCUT2D eigenvalue weighted by Crippen LogP contribution is 2.07. The molecule has 1 aromatic carbocycles. The highest BCUT2D eigenvalue weighted by molar-refractivity contribution is 5.93. The number of nitrogens with zero attached hydrogens (tertiary/aromatic N) is 2. The zero-order valence-electron chi connectivity index (χ0n) is 9.71. The lowest BCUT2D eigenvalue weighted by atomic mass is 10.2. The highest BCUT2D eigenvalue weighted by atomic mass is 16.3. The molecule has 1 aromatic heterocycles. The lowest BCUT2D eigenvalue weighted by Crippen LogP contribution is -2.17. The zero-order chi connectivity index (χ0) is 13.0. The van der Waals surface area contributed by atoms with Gasteiger partial charge in [-0.25, -0.2) is 5.43 Å². The smallest absolute Gasteiger partial charge is 0.291 e. The number of aromatic hydroxyl groups is 1. The SMILES string of the molecule is Cc1cc(C(=O)N/N=C/c2ccc(O)cc2)n[nH]1. The van der Waals surface area contributed by atoms with Gasteiger partial charge in [-0.15, -0.1) is 0 Å². The number of benzene rings is 1. The molecule has 0 bridgehead atoms. The summed E-state index contributed by atoms with van der Waals surface area (Å²) in [7, 11) is 0. The molecule has 0 aliphatic carbocycles. The summed E-state index contributed by atoms with van der Waals surface area (Å²) >= 11 is 0. The van der Waals surface area contributed by atoms with E-state index in [0.29, 0.717) is 0 Å². The molecule has 0 saturated carbocycles. The van der Waals surface area contributed by atoms with Crippen molar-refractivity contribution in [3.05, 3.63) is 47.3 Å². The van der Waals surface area contributed by atoms with Gasteiger partial charge in [0.05, 0.1) is 6.21 Å². The first-order chi connectivity index (χ1) is 8.65. The second kappa shape index (κ2) is 5.13. The predicted molar refractivity (Wildman–Crippen MR) is 66.5 cm³/mol. The van der Waals surface area contributed by atoms with Gasteiger partial charge in [-0.05, 0) is 42.8 Å². The molecule has 3 N–H and O–H groups in total. The number of rotatable bonds is 3. The van der Waals surface area contributed by atoms with E-state index in [4.69, 9.17) is 5.11 Å². The van der Waals surface area contributed by atoms with Crippen molar-refractivity contribution >= 4 is 12.1 Å². The molecule has 0 radical (unpaired) electrons. The summed E-state index contributed by atoms with van der Waals surface area (Å²) in [5.74, 6) is -0.197. The van der Waals surface area contributed by atoms with Crippen LogP contribution in [-0.4, -0.2) is 27.4 Å². The number of hydrogen-bond donors (Lipinski definition) is 3. The van der Waals surface area contributed by atoms with Crippen LogP contribution in [0.4, 0.5) is 0 Å². The summed E-state index contributed by atoms with van der Waals surface area (Å²) in [6.07, 6.45) is 1.48. The maximum absolute atomic E-state index is 11.6. The van der Waals surface area contributed by atoms with Crippen molar-refractivity contribution in [2.24, 2.45) is 5.10 Å². The van der Waals surface area contributed by atoms with Crippen LogP contribution in [0.2, 0.25) is 0 Å². The van der Waals surface area contributed by atoms with Crippen molar-refractivity contribution in [3.8, 4) is 5.75 Å². The van der Waals surface area contributed by atoms with Crippen LogP contribution >= 0.6 is 0 Å². The molecule has 6 nitrogen and oxygen atoms in total. The van der Waals surface area contributed by atoms with Crippen LogP contribution in [0.5, 0.6) is 5.75 Å². The zero-order valence-corrected chi connectivity index (χ0v) is 9.71. The molecule has 0 saturated heterocycles. The maximum atomic E-state index is 11.6. The van der Waals surface area contributed by atoms with Gasteiger partial charge in [-0.2, -0.15) is 10.2 Å². The monoisotopic (exact) mass is 244 g/mol. The average molecular weight is 244 g/mol. The molecule has 2 aromatic rings. The van der Waals surface area contributed by atoms with Gasteiger partial charge in [0.25, 0.3) is 5.91 Å². The lowest BCUT2D eigenvalue weighted by Gasteiger charge is -1.95. The minimum atomic E-state index is -0.380. The van der Waals surface area contributed by atoms with Crippen molar-refractivity contribution < 1.29 is 9.90 Å². The Hall–Kier alpha value is -2.63. The molecule has 18 heavy (non-hydrogen) atoms. The summed E-state index contributed by atoms with van der Waals surface area (Å²) < 4.78 is 0. The maximum Gasteiger partial charge on any atom is 0.291 e. The Morgan fingerprint density at radius 1 is 1.44 bits per heavy atom. The van der Waals surface area contributed by atoms with Crippen LogP contribution < -0.4 is 5.43 Å². The van der Waals surface area contributed by atoms with E-state index in [1.165, 1.54) is 6.21 Å². The van der Waals surface area contributed by atoms with E-state index in [2.05, 4.69) is 20.7 Å². The molecule has 0 spiro atoms. The molecule has 6 heteroatoms. The summed E-state index contributed by atoms with van der Waals surface area (Å²) in [6, 6.07) is 8.08. The first kappa shape index (κ1) is 11.8. The third-order valence-electron chi connectivity index (χ3n) is 2.21.